The molecule has 5 rings (SSSR count). The van der Waals surface area contributed by atoms with Gasteiger partial charge in [0.25, 0.3) is 0 Å². The molecular formula is C29H46O3Si. The van der Waals surface area contributed by atoms with Crippen LogP contribution < -0.4 is 0 Å². The largest absolute Gasteiger partial charge is 0.466 e. The van der Waals surface area contributed by atoms with Gasteiger partial charge in [-0.1, -0.05) is 46.3 Å². The van der Waals surface area contributed by atoms with Gasteiger partial charge >= 0.3 is 0 Å². The predicted octanol–water partition coefficient (Wildman–Crippen LogP) is 7.82. The van der Waals surface area contributed by atoms with Crippen molar-refractivity contribution in [3.05, 3.63) is 35.8 Å². The molecule has 0 saturated heterocycles. The van der Waals surface area contributed by atoms with Crippen molar-refractivity contribution in [1.29, 1.82) is 0 Å². The Kier molecular flexibility index (Phi) is 5.48. The van der Waals surface area contributed by atoms with Gasteiger partial charge in [-0.25, -0.2) is 0 Å². The van der Waals surface area contributed by atoms with E-state index >= 15 is 0 Å². The van der Waals surface area contributed by atoms with Crippen molar-refractivity contribution in [3.8, 4) is 0 Å². The van der Waals surface area contributed by atoms with Crippen LogP contribution in [0.15, 0.2) is 34.5 Å². The average molecular weight is 471 g/mol. The Morgan fingerprint density at radius 1 is 1.06 bits per heavy atom. The summed E-state index contributed by atoms with van der Waals surface area (Å²) in [5.41, 5.74) is 1.09. The van der Waals surface area contributed by atoms with E-state index in [2.05, 4.69) is 53.8 Å². The van der Waals surface area contributed by atoms with Crippen LogP contribution >= 0.6 is 0 Å². The summed E-state index contributed by atoms with van der Waals surface area (Å²) in [7, 11) is -1.74. The van der Waals surface area contributed by atoms with Gasteiger partial charge in [0.05, 0.1) is 6.26 Å². The fraction of sp³-hybridized carbons (Fsp3) is 0.793. The van der Waals surface area contributed by atoms with Gasteiger partial charge in [-0.3, -0.25) is 0 Å². The summed E-state index contributed by atoms with van der Waals surface area (Å²) in [5.74, 6) is 2.78. The maximum absolute atomic E-state index is 11.9. The predicted molar refractivity (Wildman–Crippen MR) is 136 cm³/mol. The normalized spacial score (nSPS) is 43.5. The minimum atomic E-state index is -1.74. The highest BCUT2D eigenvalue weighted by Crippen LogP contribution is 2.69. The van der Waals surface area contributed by atoms with E-state index in [1.54, 1.807) is 11.8 Å². The minimum Gasteiger partial charge on any atom is -0.466 e. The van der Waals surface area contributed by atoms with Gasteiger partial charge in [-0.2, -0.15) is 0 Å². The number of hydrogen-bond acceptors (Lipinski definition) is 3. The first-order chi connectivity index (χ1) is 15.3. The molecule has 0 amide bonds. The summed E-state index contributed by atoms with van der Waals surface area (Å²) < 4.78 is 12.7. The monoisotopic (exact) mass is 470 g/mol. The molecule has 0 radical (unpaired) electrons. The molecule has 4 heteroatoms. The second kappa shape index (κ2) is 7.58. The first kappa shape index (κ1) is 23.9. The lowest BCUT2D eigenvalue weighted by Gasteiger charge is -2.59. The van der Waals surface area contributed by atoms with Crippen LogP contribution in [0.4, 0.5) is 0 Å². The Morgan fingerprint density at radius 2 is 1.79 bits per heavy atom. The molecule has 0 aliphatic heterocycles. The lowest BCUT2D eigenvalue weighted by Crippen LogP contribution is -2.54. The number of fused-ring (bicyclic) bond motifs is 5. The van der Waals surface area contributed by atoms with E-state index < -0.39 is 13.9 Å². The molecule has 0 unspecified atom stereocenters. The molecule has 7 atom stereocenters. The quantitative estimate of drug-likeness (QED) is 0.362. The zero-order chi connectivity index (χ0) is 23.9. The second-order valence-electron chi connectivity index (χ2n) is 13.8. The van der Waals surface area contributed by atoms with E-state index in [9.17, 15) is 5.11 Å². The molecule has 0 aromatic carbocycles. The molecule has 3 fully saturated rings. The highest BCUT2D eigenvalue weighted by Gasteiger charge is 2.65. The average Bonchev–Trinajstić information content (AvgIpc) is 3.35. The van der Waals surface area contributed by atoms with Gasteiger partial charge in [0.15, 0.2) is 8.32 Å². The SMILES string of the molecule is CC(C)(C)[Si](C)(C)O[C@H]1CC[C@@]2(C)C(=CC[C@@H]3[C@@H]2CC[C@@]2(C)[C@H]3CC[C@@]2(O)c2ccco2)C1. The van der Waals surface area contributed by atoms with E-state index in [-0.39, 0.29) is 10.5 Å². The summed E-state index contributed by atoms with van der Waals surface area (Å²) >= 11 is 0. The Hall–Kier alpha value is -0.843. The Bertz CT molecular complexity index is 912. The molecule has 1 N–H and O–H groups in total. The minimum absolute atomic E-state index is 0.0869. The number of rotatable bonds is 3. The fourth-order valence-corrected chi connectivity index (χ4v) is 9.64. The van der Waals surface area contributed by atoms with Crippen LogP contribution in [0.2, 0.25) is 18.1 Å². The van der Waals surface area contributed by atoms with E-state index in [1.807, 2.05) is 12.1 Å². The first-order valence-electron chi connectivity index (χ1n) is 13.5. The van der Waals surface area contributed by atoms with Crippen molar-refractivity contribution in [2.45, 2.75) is 116 Å². The second-order valence-corrected chi connectivity index (χ2v) is 18.6. The third-order valence-corrected chi connectivity index (χ3v) is 15.9. The van der Waals surface area contributed by atoms with Crippen molar-refractivity contribution in [2.75, 3.05) is 0 Å². The van der Waals surface area contributed by atoms with Crippen LogP contribution in [0.3, 0.4) is 0 Å². The summed E-state index contributed by atoms with van der Waals surface area (Å²) in [5, 5.41) is 12.1. The fourth-order valence-electron chi connectivity index (χ4n) is 8.26. The lowest BCUT2D eigenvalue weighted by atomic mass is 9.47. The van der Waals surface area contributed by atoms with E-state index in [1.165, 1.54) is 25.7 Å². The number of hydrogen-bond donors (Lipinski definition) is 1. The Balaban J connectivity index is 1.38. The standard InChI is InChI=1S/C29H46O3Si/c1-26(2,3)33(6,7)32-21-12-15-27(4)20(19-21)10-11-22-23(27)13-16-28(5)24(22)14-17-29(28,30)25-9-8-18-31-25/h8-10,18,21-24,30H,11-17,19H2,1-7H3/t21-,22+,23-,24-,27-,28-,29+/m0/s1. The summed E-state index contributed by atoms with van der Waals surface area (Å²) in [4.78, 5) is 0. The van der Waals surface area contributed by atoms with Crippen molar-refractivity contribution < 1.29 is 13.9 Å². The molecular weight excluding hydrogens is 424 g/mol. The van der Waals surface area contributed by atoms with Crippen LogP contribution in [-0.2, 0) is 10.0 Å². The highest BCUT2D eigenvalue weighted by molar-refractivity contribution is 6.74. The molecule has 184 valence electrons. The van der Waals surface area contributed by atoms with E-state index in [0.717, 1.165) is 37.4 Å². The van der Waals surface area contributed by atoms with Gasteiger partial charge in [0.1, 0.15) is 11.4 Å². The summed E-state index contributed by atoms with van der Waals surface area (Å²) in [6.07, 6.45) is 13.8. The van der Waals surface area contributed by atoms with Crippen LogP contribution in [-0.4, -0.2) is 19.5 Å². The summed E-state index contributed by atoms with van der Waals surface area (Å²) in [6, 6.07) is 3.92. The van der Waals surface area contributed by atoms with Crippen molar-refractivity contribution in [2.24, 2.45) is 28.6 Å². The third kappa shape index (κ3) is 3.41. The highest BCUT2D eigenvalue weighted by atomic mass is 28.4. The van der Waals surface area contributed by atoms with Crippen LogP contribution in [0.25, 0.3) is 0 Å². The summed E-state index contributed by atoms with van der Waals surface area (Å²) in [6.45, 7) is 16.8. The Morgan fingerprint density at radius 3 is 2.45 bits per heavy atom. The topological polar surface area (TPSA) is 42.6 Å². The molecule has 3 saturated carbocycles. The van der Waals surface area contributed by atoms with E-state index in [0.29, 0.717) is 23.4 Å². The molecule has 4 aliphatic rings. The van der Waals surface area contributed by atoms with Gasteiger partial charge in [0, 0.05) is 11.5 Å². The van der Waals surface area contributed by atoms with Gasteiger partial charge in [-0.05, 0) is 105 Å². The van der Waals surface area contributed by atoms with Crippen molar-refractivity contribution in [3.63, 3.8) is 0 Å². The van der Waals surface area contributed by atoms with E-state index in [4.69, 9.17) is 8.84 Å². The van der Waals surface area contributed by atoms with Crippen molar-refractivity contribution >= 4 is 8.32 Å². The number of allylic oxidation sites excluding steroid dienone is 1. The number of aliphatic hydroxyl groups is 1. The van der Waals surface area contributed by atoms with Crippen LogP contribution in [0.1, 0.15) is 91.7 Å². The smallest absolute Gasteiger partial charge is 0.192 e. The molecule has 1 aromatic rings. The van der Waals surface area contributed by atoms with Gasteiger partial charge in [0.2, 0.25) is 0 Å². The first-order valence-corrected chi connectivity index (χ1v) is 16.4. The number of furan rings is 1. The molecule has 0 bridgehead atoms. The van der Waals surface area contributed by atoms with Crippen molar-refractivity contribution in [1.82, 2.24) is 0 Å². The van der Waals surface area contributed by atoms with Crippen LogP contribution in [0, 0.1) is 28.6 Å². The molecule has 33 heavy (non-hydrogen) atoms. The van der Waals surface area contributed by atoms with Gasteiger partial charge < -0.3 is 13.9 Å². The molecule has 3 nitrogen and oxygen atoms in total. The van der Waals surface area contributed by atoms with Gasteiger partial charge in [-0.15, -0.1) is 0 Å². The molecule has 1 aromatic heterocycles. The zero-order valence-corrected chi connectivity index (χ0v) is 23.0. The maximum Gasteiger partial charge on any atom is 0.192 e. The molecule has 1 heterocycles. The third-order valence-electron chi connectivity index (χ3n) is 11.4. The van der Waals surface area contributed by atoms with Crippen LogP contribution in [0.5, 0.6) is 0 Å². The maximum atomic E-state index is 11.9. The molecule has 0 spiro atoms. The lowest BCUT2D eigenvalue weighted by molar-refractivity contribution is -0.138. The molecule has 4 aliphatic carbocycles. The zero-order valence-electron chi connectivity index (χ0n) is 22.0. The Labute approximate surface area is 202 Å².